The van der Waals surface area contributed by atoms with Crippen molar-refractivity contribution < 1.29 is 19.7 Å². The molecule has 1 aromatic rings. The molecule has 0 saturated heterocycles. The number of benzene rings is 1. The average Bonchev–Trinajstić information content (AvgIpc) is 2.43. The molecule has 3 N–H and O–H groups in total. The Hall–Kier alpha value is -1.59. The van der Waals surface area contributed by atoms with Gasteiger partial charge in [-0.05, 0) is 24.1 Å². The summed E-state index contributed by atoms with van der Waals surface area (Å²) in [5.74, 6) is 0.600. The van der Waals surface area contributed by atoms with E-state index in [1.54, 1.807) is 7.11 Å². The molecule has 0 heterocycles. The van der Waals surface area contributed by atoms with Gasteiger partial charge in [0.15, 0.2) is 0 Å². The first-order valence-corrected chi connectivity index (χ1v) is 5.83. The number of aliphatic hydroxyl groups excluding tert-OH is 2. The van der Waals surface area contributed by atoms with Crippen LogP contribution in [-0.4, -0.2) is 42.5 Å². The van der Waals surface area contributed by atoms with Crippen molar-refractivity contribution in [1.29, 1.82) is 0 Å². The first kappa shape index (κ1) is 14.5. The van der Waals surface area contributed by atoms with Crippen LogP contribution in [0.1, 0.15) is 12.0 Å². The van der Waals surface area contributed by atoms with Gasteiger partial charge in [0.05, 0.1) is 26.4 Å². The van der Waals surface area contributed by atoms with Crippen LogP contribution in [0.15, 0.2) is 24.3 Å². The van der Waals surface area contributed by atoms with E-state index in [1.165, 1.54) is 0 Å². The summed E-state index contributed by atoms with van der Waals surface area (Å²) in [6.45, 7) is -0.518. The molecule has 1 amide bonds. The number of carbonyl (C=O) groups is 1. The van der Waals surface area contributed by atoms with Crippen LogP contribution in [0.2, 0.25) is 0 Å². The van der Waals surface area contributed by atoms with Crippen molar-refractivity contribution in [3.05, 3.63) is 29.8 Å². The molecule has 0 radical (unpaired) electrons. The van der Waals surface area contributed by atoms with Gasteiger partial charge in [-0.25, -0.2) is 0 Å². The largest absolute Gasteiger partial charge is 0.497 e. The van der Waals surface area contributed by atoms with E-state index in [2.05, 4.69) is 5.32 Å². The van der Waals surface area contributed by atoms with Crippen LogP contribution in [-0.2, 0) is 11.2 Å². The lowest BCUT2D eigenvalue weighted by molar-refractivity contribution is -0.122. The second kappa shape index (κ2) is 7.68. The predicted molar refractivity (Wildman–Crippen MR) is 67.4 cm³/mol. The summed E-state index contributed by atoms with van der Waals surface area (Å²) in [4.78, 5) is 11.5. The van der Waals surface area contributed by atoms with Gasteiger partial charge >= 0.3 is 0 Å². The monoisotopic (exact) mass is 253 g/mol. The van der Waals surface area contributed by atoms with Gasteiger partial charge in [-0.3, -0.25) is 4.79 Å². The maximum absolute atomic E-state index is 11.5. The highest BCUT2D eigenvalue weighted by Crippen LogP contribution is 2.12. The van der Waals surface area contributed by atoms with Gasteiger partial charge in [0.2, 0.25) is 5.91 Å². The van der Waals surface area contributed by atoms with Gasteiger partial charge in [0, 0.05) is 6.42 Å². The number of ether oxygens (including phenoxy) is 1. The van der Waals surface area contributed by atoms with Crippen molar-refractivity contribution >= 4 is 5.91 Å². The predicted octanol–water partition coefficient (Wildman–Crippen LogP) is 0.0972. The van der Waals surface area contributed by atoms with Gasteiger partial charge in [0.25, 0.3) is 0 Å². The zero-order chi connectivity index (χ0) is 13.4. The second-order valence-corrected chi connectivity index (χ2v) is 3.98. The number of methoxy groups -OCH3 is 1. The van der Waals surface area contributed by atoms with E-state index in [0.29, 0.717) is 12.8 Å². The molecule has 0 saturated carbocycles. The maximum Gasteiger partial charge on any atom is 0.220 e. The number of hydrogen-bond acceptors (Lipinski definition) is 4. The normalized spacial score (nSPS) is 10.4. The Bertz CT molecular complexity index is 360. The van der Waals surface area contributed by atoms with Crippen LogP contribution in [0.3, 0.4) is 0 Å². The molecule has 5 heteroatoms. The van der Waals surface area contributed by atoms with E-state index >= 15 is 0 Å². The maximum atomic E-state index is 11.5. The third kappa shape index (κ3) is 4.73. The van der Waals surface area contributed by atoms with Gasteiger partial charge in [0.1, 0.15) is 5.75 Å². The lowest BCUT2D eigenvalue weighted by Gasteiger charge is -2.13. The van der Waals surface area contributed by atoms with Crippen LogP contribution in [0, 0.1) is 0 Å². The summed E-state index contributed by atoms with van der Waals surface area (Å²) in [7, 11) is 1.60. The zero-order valence-corrected chi connectivity index (χ0v) is 10.4. The SMILES string of the molecule is COc1ccc(CCC(=O)NC(CO)CO)cc1. The lowest BCUT2D eigenvalue weighted by Crippen LogP contribution is -2.40. The minimum absolute atomic E-state index is 0.182. The summed E-state index contributed by atoms with van der Waals surface area (Å²) in [5, 5.41) is 20.2. The fourth-order valence-electron chi connectivity index (χ4n) is 1.50. The van der Waals surface area contributed by atoms with Crippen LogP contribution in [0.25, 0.3) is 0 Å². The van der Waals surface area contributed by atoms with E-state index in [9.17, 15) is 4.79 Å². The van der Waals surface area contributed by atoms with Crippen molar-refractivity contribution in [3.8, 4) is 5.75 Å². The highest BCUT2D eigenvalue weighted by molar-refractivity contribution is 5.76. The molecule has 0 aliphatic heterocycles. The molecule has 0 fully saturated rings. The Kier molecular flexibility index (Phi) is 6.18. The fraction of sp³-hybridized carbons (Fsp3) is 0.462. The molecule has 18 heavy (non-hydrogen) atoms. The molecule has 1 rings (SSSR count). The van der Waals surface area contributed by atoms with Crippen LogP contribution < -0.4 is 10.1 Å². The second-order valence-electron chi connectivity index (χ2n) is 3.98. The Labute approximate surface area is 106 Å². The molecule has 0 aliphatic rings. The smallest absolute Gasteiger partial charge is 0.220 e. The van der Waals surface area contributed by atoms with E-state index in [-0.39, 0.29) is 19.1 Å². The molecule has 0 aromatic heterocycles. The Balaban J connectivity index is 2.37. The minimum Gasteiger partial charge on any atom is -0.497 e. The Morgan fingerprint density at radius 2 is 1.89 bits per heavy atom. The molecule has 0 unspecified atom stereocenters. The lowest BCUT2D eigenvalue weighted by atomic mass is 10.1. The summed E-state index contributed by atoms with van der Waals surface area (Å²) in [6.07, 6.45) is 0.933. The quantitative estimate of drug-likeness (QED) is 0.644. The average molecular weight is 253 g/mol. The topological polar surface area (TPSA) is 78.8 Å². The number of aliphatic hydroxyl groups is 2. The van der Waals surface area contributed by atoms with E-state index in [1.807, 2.05) is 24.3 Å². The first-order chi connectivity index (χ1) is 8.69. The van der Waals surface area contributed by atoms with Crippen molar-refractivity contribution in [2.24, 2.45) is 0 Å². The van der Waals surface area contributed by atoms with E-state index < -0.39 is 6.04 Å². The van der Waals surface area contributed by atoms with Gasteiger partial charge in [-0.1, -0.05) is 12.1 Å². The standard InChI is InChI=1S/C13H19NO4/c1-18-12-5-2-10(3-6-12)4-7-13(17)14-11(8-15)9-16/h2-3,5-6,11,15-16H,4,7-9H2,1H3,(H,14,17). The number of nitrogens with one attached hydrogen (secondary N) is 1. The summed E-state index contributed by atoms with van der Waals surface area (Å²) >= 11 is 0. The first-order valence-electron chi connectivity index (χ1n) is 5.83. The molecule has 0 aliphatic carbocycles. The van der Waals surface area contributed by atoms with Crippen LogP contribution in [0.4, 0.5) is 0 Å². The van der Waals surface area contributed by atoms with Crippen molar-refractivity contribution in [2.45, 2.75) is 18.9 Å². The molecule has 0 bridgehead atoms. The van der Waals surface area contributed by atoms with Crippen molar-refractivity contribution in [2.75, 3.05) is 20.3 Å². The Morgan fingerprint density at radius 1 is 1.28 bits per heavy atom. The fourth-order valence-corrected chi connectivity index (χ4v) is 1.50. The molecule has 1 aromatic carbocycles. The van der Waals surface area contributed by atoms with Gasteiger partial charge in [-0.15, -0.1) is 0 Å². The molecular weight excluding hydrogens is 234 g/mol. The van der Waals surface area contributed by atoms with Crippen molar-refractivity contribution in [1.82, 2.24) is 5.32 Å². The van der Waals surface area contributed by atoms with Gasteiger partial charge in [-0.2, -0.15) is 0 Å². The third-order valence-corrected chi connectivity index (χ3v) is 2.61. The van der Waals surface area contributed by atoms with Gasteiger partial charge < -0.3 is 20.3 Å². The number of aryl methyl sites for hydroxylation is 1. The van der Waals surface area contributed by atoms with E-state index in [4.69, 9.17) is 14.9 Å². The summed E-state index contributed by atoms with van der Waals surface area (Å²) in [5.41, 5.74) is 1.04. The minimum atomic E-state index is -0.576. The van der Waals surface area contributed by atoms with E-state index in [0.717, 1.165) is 11.3 Å². The summed E-state index contributed by atoms with van der Waals surface area (Å²) < 4.78 is 5.04. The van der Waals surface area contributed by atoms with Crippen LogP contribution in [0.5, 0.6) is 5.75 Å². The third-order valence-electron chi connectivity index (χ3n) is 2.61. The molecular formula is C13H19NO4. The number of rotatable bonds is 7. The number of amides is 1. The summed E-state index contributed by atoms with van der Waals surface area (Å²) in [6, 6.07) is 6.92. The zero-order valence-electron chi connectivity index (χ0n) is 10.4. The molecule has 5 nitrogen and oxygen atoms in total. The van der Waals surface area contributed by atoms with Crippen LogP contribution >= 0.6 is 0 Å². The molecule has 0 atom stereocenters. The Morgan fingerprint density at radius 3 is 2.39 bits per heavy atom. The number of hydrogen-bond donors (Lipinski definition) is 3. The molecule has 100 valence electrons. The number of carbonyl (C=O) groups excluding carboxylic acids is 1. The highest BCUT2D eigenvalue weighted by Gasteiger charge is 2.09. The molecule has 0 spiro atoms. The highest BCUT2D eigenvalue weighted by atomic mass is 16.5. The van der Waals surface area contributed by atoms with Crippen molar-refractivity contribution in [3.63, 3.8) is 0 Å².